The van der Waals surface area contributed by atoms with Gasteiger partial charge in [0.2, 0.25) is 0 Å². The van der Waals surface area contributed by atoms with Gasteiger partial charge in [-0.3, -0.25) is 0 Å². The Morgan fingerprint density at radius 1 is 0.750 bits per heavy atom. The molecule has 0 atom stereocenters. The number of hydrogen-bond donors (Lipinski definition) is 0. The molecule has 0 saturated heterocycles. The molecule has 0 aromatic carbocycles. The van der Waals surface area contributed by atoms with Gasteiger partial charge in [-0.25, -0.2) is 0 Å². The van der Waals surface area contributed by atoms with Crippen molar-refractivity contribution in [1.82, 2.24) is 0 Å². The third-order valence-corrected chi connectivity index (χ3v) is 0. The molecular weight excluding hydrogens is 215 g/mol. The summed E-state index contributed by atoms with van der Waals surface area (Å²) in [5.74, 6) is 0. The van der Waals surface area contributed by atoms with Gasteiger partial charge in [0.05, 0.1) is 0 Å². The molecule has 0 aliphatic carbocycles. The van der Waals surface area contributed by atoms with Crippen LogP contribution in [0.15, 0.2) is 0 Å². The summed E-state index contributed by atoms with van der Waals surface area (Å²) < 4.78 is 0. The summed E-state index contributed by atoms with van der Waals surface area (Å²) in [6.45, 7) is 0. The molecule has 2 N–H and O–H groups in total. The number of hydrogen-bond acceptors (Lipinski definition) is 0. The van der Waals surface area contributed by atoms with Crippen LogP contribution in [0, 0.1) is 0 Å². The molecule has 0 amide bonds. The zero-order valence-corrected chi connectivity index (χ0v) is 7.60. The second-order valence-electron chi connectivity index (χ2n) is 0. The fourth-order valence-corrected chi connectivity index (χ4v) is 0. The van der Waals surface area contributed by atoms with Crippen LogP contribution in [0.25, 0.3) is 0 Å². The fourth-order valence-electron chi connectivity index (χ4n) is 0. The van der Waals surface area contributed by atoms with Gasteiger partial charge in [-0.15, -0.1) is 0 Å². The van der Waals surface area contributed by atoms with Crippen molar-refractivity contribution >= 4 is 45.5 Å². The third-order valence-electron chi connectivity index (χ3n) is 0. The minimum Gasteiger partial charge on any atom is -0.412 e. The third kappa shape index (κ3) is 8.82. The SMILES string of the molecule is O.[Fe].[Fe].[Sr]. The van der Waals surface area contributed by atoms with Gasteiger partial charge in [0, 0.05) is 79.6 Å². The summed E-state index contributed by atoms with van der Waals surface area (Å²) in [6, 6.07) is 0. The van der Waals surface area contributed by atoms with Crippen LogP contribution in [0.1, 0.15) is 0 Å². The normalized spacial score (nSPS) is 0. The Morgan fingerprint density at radius 3 is 0.750 bits per heavy atom. The van der Waals surface area contributed by atoms with Crippen molar-refractivity contribution in [3.05, 3.63) is 0 Å². The summed E-state index contributed by atoms with van der Waals surface area (Å²) in [7, 11) is 0. The van der Waals surface area contributed by atoms with Gasteiger partial charge in [-0.05, 0) is 0 Å². The molecule has 0 unspecified atom stereocenters. The van der Waals surface area contributed by atoms with E-state index in [2.05, 4.69) is 0 Å². The Morgan fingerprint density at radius 2 is 0.750 bits per heavy atom. The molecule has 0 fully saturated rings. The summed E-state index contributed by atoms with van der Waals surface area (Å²) >= 11 is 0. The first-order chi connectivity index (χ1) is 0. The van der Waals surface area contributed by atoms with Gasteiger partial charge in [-0.1, -0.05) is 0 Å². The first-order valence-electron chi connectivity index (χ1n) is 0. The molecule has 0 aliphatic rings. The molecular formula is H2Fe2OSr. The molecule has 0 aromatic heterocycles. The van der Waals surface area contributed by atoms with Crippen molar-refractivity contribution in [1.29, 1.82) is 0 Å². The second-order valence-corrected chi connectivity index (χ2v) is 0. The maximum absolute atomic E-state index is 0. The predicted octanol–water partition coefficient (Wildman–Crippen LogP) is -1.21. The van der Waals surface area contributed by atoms with E-state index in [4.69, 9.17) is 0 Å². The average molecular weight is 217 g/mol. The smallest absolute Gasteiger partial charge is 0 e. The van der Waals surface area contributed by atoms with E-state index >= 15 is 0 Å². The Labute approximate surface area is 83.4 Å². The molecule has 0 rings (SSSR count). The summed E-state index contributed by atoms with van der Waals surface area (Å²) in [5.41, 5.74) is 0. The van der Waals surface area contributed by atoms with Crippen LogP contribution in [-0.2, 0) is 34.1 Å². The van der Waals surface area contributed by atoms with Gasteiger partial charge in [0.1, 0.15) is 0 Å². The Bertz CT molecular complexity index is 6.00. The molecule has 0 spiro atoms. The van der Waals surface area contributed by atoms with Crippen LogP contribution >= 0.6 is 0 Å². The van der Waals surface area contributed by atoms with Crippen LogP contribution in [0.5, 0.6) is 0 Å². The van der Waals surface area contributed by atoms with Crippen LogP contribution in [0.3, 0.4) is 0 Å². The van der Waals surface area contributed by atoms with Crippen LogP contribution in [-0.4, -0.2) is 51.0 Å². The van der Waals surface area contributed by atoms with Crippen molar-refractivity contribution in [3.63, 3.8) is 0 Å². The van der Waals surface area contributed by atoms with Gasteiger partial charge in [-0.2, -0.15) is 0 Å². The summed E-state index contributed by atoms with van der Waals surface area (Å²) in [5, 5.41) is 0. The Kier molecular flexibility index (Phi) is 141. The van der Waals surface area contributed by atoms with E-state index in [1.54, 1.807) is 0 Å². The molecule has 0 aliphatic heterocycles. The molecule has 2 radical (unpaired) electrons. The molecule has 4 heavy (non-hydrogen) atoms. The number of rotatable bonds is 0. The van der Waals surface area contributed by atoms with Crippen LogP contribution in [0.4, 0.5) is 0 Å². The van der Waals surface area contributed by atoms with Gasteiger partial charge < -0.3 is 5.48 Å². The fraction of sp³-hybridized carbons (Fsp3) is 0. The largest absolute Gasteiger partial charge is 0.412 e. The topological polar surface area (TPSA) is 31.5 Å². The maximum atomic E-state index is 0. The molecule has 4 heteroatoms. The molecule has 0 saturated carbocycles. The summed E-state index contributed by atoms with van der Waals surface area (Å²) in [6.07, 6.45) is 0. The van der Waals surface area contributed by atoms with Crippen molar-refractivity contribution < 1.29 is 39.6 Å². The minimum atomic E-state index is 0. The van der Waals surface area contributed by atoms with E-state index in [0.717, 1.165) is 0 Å². The first-order valence-corrected chi connectivity index (χ1v) is 0. The van der Waals surface area contributed by atoms with Crippen LogP contribution in [0.2, 0.25) is 0 Å². The Hall–Kier alpha value is 2.48. The van der Waals surface area contributed by atoms with Crippen LogP contribution < -0.4 is 0 Å². The quantitative estimate of drug-likeness (QED) is 0.456. The monoisotopic (exact) mass is 218 g/mol. The maximum Gasteiger partial charge on any atom is 0 e. The predicted molar refractivity (Wildman–Crippen MR) is 9.37 cm³/mol. The van der Waals surface area contributed by atoms with E-state index in [1.165, 1.54) is 0 Å². The van der Waals surface area contributed by atoms with Crippen molar-refractivity contribution in [2.75, 3.05) is 0 Å². The van der Waals surface area contributed by atoms with Crippen molar-refractivity contribution in [2.45, 2.75) is 0 Å². The standard InChI is InChI=1S/2Fe.H2O.Sr/h;;1H2;. The molecule has 1 nitrogen and oxygen atoms in total. The molecule has 26 valence electrons. The van der Waals surface area contributed by atoms with Crippen molar-refractivity contribution in [2.24, 2.45) is 0 Å². The van der Waals surface area contributed by atoms with E-state index in [0.29, 0.717) is 0 Å². The average Bonchev–Trinajstić information content (AvgIpc) is 0. The molecule has 0 heterocycles. The van der Waals surface area contributed by atoms with E-state index in [-0.39, 0.29) is 85.1 Å². The zero-order chi connectivity index (χ0) is 0. The minimum absolute atomic E-state index is 0. The van der Waals surface area contributed by atoms with E-state index in [1.807, 2.05) is 0 Å². The van der Waals surface area contributed by atoms with E-state index in [9.17, 15) is 0 Å². The first kappa shape index (κ1) is 31.6. The summed E-state index contributed by atoms with van der Waals surface area (Å²) in [4.78, 5) is 0. The molecule has 0 bridgehead atoms. The van der Waals surface area contributed by atoms with Crippen molar-refractivity contribution in [3.8, 4) is 0 Å². The molecule has 0 aromatic rings. The zero-order valence-electron chi connectivity index (χ0n) is 1.91. The second kappa shape index (κ2) is 17.9. The Balaban J connectivity index is 0. The van der Waals surface area contributed by atoms with Gasteiger partial charge in [0.25, 0.3) is 0 Å². The van der Waals surface area contributed by atoms with E-state index < -0.39 is 0 Å². The van der Waals surface area contributed by atoms with Gasteiger partial charge in [0.15, 0.2) is 0 Å². The van der Waals surface area contributed by atoms with Gasteiger partial charge >= 0.3 is 0 Å².